The summed E-state index contributed by atoms with van der Waals surface area (Å²) in [5.41, 5.74) is 0.480. The van der Waals surface area contributed by atoms with Crippen molar-refractivity contribution in [3.63, 3.8) is 0 Å². The van der Waals surface area contributed by atoms with E-state index in [0.717, 1.165) is 12.8 Å². The van der Waals surface area contributed by atoms with Crippen LogP contribution in [0, 0.1) is 5.41 Å². The molecule has 0 heterocycles. The van der Waals surface area contributed by atoms with Crippen LogP contribution in [0.3, 0.4) is 0 Å². The first-order valence-corrected chi connectivity index (χ1v) is 4.03. The van der Waals surface area contributed by atoms with Gasteiger partial charge in [0.2, 0.25) is 0 Å². The molecule has 0 aromatic carbocycles. The Kier molecular flexibility index (Phi) is 1.19. The summed E-state index contributed by atoms with van der Waals surface area (Å²) in [5, 5.41) is 0. The third-order valence-electron chi connectivity index (χ3n) is 2.84. The Morgan fingerprint density at radius 2 is 2.10 bits per heavy atom. The van der Waals surface area contributed by atoms with Crippen LogP contribution < -0.4 is 0 Å². The van der Waals surface area contributed by atoms with Gasteiger partial charge in [0.1, 0.15) is 0 Å². The summed E-state index contributed by atoms with van der Waals surface area (Å²) >= 11 is 0. The van der Waals surface area contributed by atoms with E-state index in [1.165, 1.54) is 19.3 Å². The van der Waals surface area contributed by atoms with Crippen molar-refractivity contribution in [2.45, 2.75) is 32.1 Å². The minimum atomic E-state index is 0.317. The fourth-order valence-electron chi connectivity index (χ4n) is 1.86. The van der Waals surface area contributed by atoms with Gasteiger partial charge in [-0.3, -0.25) is 4.79 Å². The smallest absolute Gasteiger partial charge is 0.155 e. The van der Waals surface area contributed by atoms with Crippen LogP contribution in [0.1, 0.15) is 32.1 Å². The fourth-order valence-corrected chi connectivity index (χ4v) is 1.86. The normalized spacial score (nSPS) is 28.6. The molecule has 1 spiro atoms. The maximum atomic E-state index is 10.8. The van der Waals surface area contributed by atoms with Gasteiger partial charge < -0.3 is 0 Å². The quantitative estimate of drug-likeness (QED) is 0.498. The van der Waals surface area contributed by atoms with Crippen molar-refractivity contribution in [3.8, 4) is 0 Å². The first kappa shape index (κ1) is 6.14. The fraction of sp³-hybridized carbons (Fsp3) is 0.667. The molecule has 1 saturated carbocycles. The van der Waals surface area contributed by atoms with Crippen molar-refractivity contribution in [3.05, 3.63) is 12.2 Å². The summed E-state index contributed by atoms with van der Waals surface area (Å²) in [4.78, 5) is 10.8. The molecule has 0 aromatic rings. The van der Waals surface area contributed by atoms with E-state index < -0.39 is 0 Å². The third-order valence-corrected chi connectivity index (χ3v) is 2.84. The lowest BCUT2D eigenvalue weighted by molar-refractivity contribution is -0.116. The van der Waals surface area contributed by atoms with E-state index in [-0.39, 0.29) is 0 Å². The zero-order valence-electron chi connectivity index (χ0n) is 6.10. The summed E-state index contributed by atoms with van der Waals surface area (Å²) in [6.07, 6.45) is 9.82. The van der Waals surface area contributed by atoms with Crippen molar-refractivity contribution in [2.75, 3.05) is 0 Å². The van der Waals surface area contributed by atoms with Crippen LogP contribution in [0.5, 0.6) is 0 Å². The average Bonchev–Trinajstić information content (AvgIpc) is 1.86. The van der Waals surface area contributed by atoms with Crippen molar-refractivity contribution >= 4 is 5.78 Å². The van der Waals surface area contributed by atoms with Gasteiger partial charge in [-0.05, 0) is 30.8 Å². The molecule has 0 saturated heterocycles. The van der Waals surface area contributed by atoms with Crippen LogP contribution in [0.15, 0.2) is 12.2 Å². The molecule has 2 rings (SSSR count). The molecule has 0 unspecified atom stereocenters. The number of hydrogen-bond acceptors (Lipinski definition) is 1. The molecular formula is C9H12O. The maximum absolute atomic E-state index is 10.8. The topological polar surface area (TPSA) is 17.1 Å². The van der Waals surface area contributed by atoms with Crippen LogP contribution in [0.4, 0.5) is 0 Å². The molecule has 0 aliphatic heterocycles. The Bertz CT molecular complexity index is 187. The average molecular weight is 136 g/mol. The zero-order chi connectivity index (χ0) is 7.03. The molecule has 0 aromatic heterocycles. The zero-order valence-corrected chi connectivity index (χ0v) is 6.10. The van der Waals surface area contributed by atoms with Crippen molar-refractivity contribution in [2.24, 2.45) is 5.41 Å². The molecule has 1 nitrogen and oxygen atoms in total. The van der Waals surface area contributed by atoms with Crippen LogP contribution in [-0.2, 0) is 4.79 Å². The molecule has 0 radical (unpaired) electrons. The molecule has 1 heteroatoms. The van der Waals surface area contributed by atoms with Gasteiger partial charge in [0, 0.05) is 6.42 Å². The van der Waals surface area contributed by atoms with E-state index in [4.69, 9.17) is 0 Å². The van der Waals surface area contributed by atoms with Crippen LogP contribution in [-0.4, -0.2) is 5.78 Å². The molecule has 10 heavy (non-hydrogen) atoms. The number of carbonyl (C=O) groups is 1. The van der Waals surface area contributed by atoms with E-state index in [1.807, 2.05) is 0 Å². The predicted molar refractivity (Wildman–Crippen MR) is 39.7 cm³/mol. The highest BCUT2D eigenvalue weighted by Crippen LogP contribution is 2.47. The second kappa shape index (κ2) is 1.94. The first-order chi connectivity index (χ1) is 4.81. The lowest BCUT2D eigenvalue weighted by Crippen LogP contribution is -2.30. The molecular weight excluding hydrogens is 124 g/mol. The molecule has 0 atom stereocenters. The third kappa shape index (κ3) is 0.808. The Morgan fingerprint density at radius 1 is 1.30 bits per heavy atom. The molecule has 0 N–H and O–H groups in total. The lowest BCUT2D eigenvalue weighted by atomic mass is 9.64. The number of carbonyl (C=O) groups excluding carboxylic acids is 1. The summed E-state index contributed by atoms with van der Waals surface area (Å²) in [5.74, 6) is 0.317. The largest absolute Gasteiger partial charge is 0.295 e. The van der Waals surface area contributed by atoms with Gasteiger partial charge in [-0.25, -0.2) is 0 Å². The van der Waals surface area contributed by atoms with E-state index in [0.29, 0.717) is 11.2 Å². The Labute approximate surface area is 61.1 Å². The van der Waals surface area contributed by atoms with Crippen molar-refractivity contribution < 1.29 is 4.79 Å². The Hall–Kier alpha value is -0.590. The highest BCUT2D eigenvalue weighted by Gasteiger charge is 2.36. The van der Waals surface area contributed by atoms with Gasteiger partial charge in [0.15, 0.2) is 5.78 Å². The van der Waals surface area contributed by atoms with Gasteiger partial charge in [0.05, 0.1) is 0 Å². The second-order valence-electron chi connectivity index (χ2n) is 3.52. The van der Waals surface area contributed by atoms with Crippen LogP contribution in [0.25, 0.3) is 0 Å². The molecule has 0 bridgehead atoms. The van der Waals surface area contributed by atoms with E-state index in [2.05, 4.69) is 6.08 Å². The Balaban J connectivity index is 2.13. The van der Waals surface area contributed by atoms with Gasteiger partial charge >= 0.3 is 0 Å². The number of ketones is 1. The summed E-state index contributed by atoms with van der Waals surface area (Å²) < 4.78 is 0. The van der Waals surface area contributed by atoms with E-state index in [9.17, 15) is 4.79 Å². The summed E-state index contributed by atoms with van der Waals surface area (Å²) in [6.45, 7) is 0. The molecule has 54 valence electrons. The standard InChI is InChI=1S/C9H12O/c10-8-2-6-9(7-3-8)4-1-5-9/h2,6H,1,3-5,7H2. The van der Waals surface area contributed by atoms with Crippen LogP contribution >= 0.6 is 0 Å². The molecule has 2 aliphatic rings. The van der Waals surface area contributed by atoms with Gasteiger partial charge in [-0.15, -0.1) is 0 Å². The monoisotopic (exact) mass is 136 g/mol. The maximum Gasteiger partial charge on any atom is 0.155 e. The molecule has 0 amide bonds. The lowest BCUT2D eigenvalue weighted by Gasteiger charge is -2.40. The highest BCUT2D eigenvalue weighted by atomic mass is 16.1. The summed E-state index contributed by atoms with van der Waals surface area (Å²) in [7, 11) is 0. The van der Waals surface area contributed by atoms with Crippen molar-refractivity contribution in [1.29, 1.82) is 0 Å². The number of rotatable bonds is 0. The van der Waals surface area contributed by atoms with Gasteiger partial charge in [0.25, 0.3) is 0 Å². The highest BCUT2D eigenvalue weighted by molar-refractivity contribution is 5.90. The summed E-state index contributed by atoms with van der Waals surface area (Å²) in [6, 6.07) is 0. The van der Waals surface area contributed by atoms with Crippen molar-refractivity contribution in [1.82, 2.24) is 0 Å². The first-order valence-electron chi connectivity index (χ1n) is 4.03. The molecule has 1 fully saturated rings. The van der Waals surface area contributed by atoms with Gasteiger partial charge in [-0.1, -0.05) is 12.5 Å². The number of hydrogen-bond donors (Lipinski definition) is 0. The predicted octanol–water partition coefficient (Wildman–Crippen LogP) is 2.08. The van der Waals surface area contributed by atoms with Crippen LogP contribution in [0.2, 0.25) is 0 Å². The van der Waals surface area contributed by atoms with E-state index >= 15 is 0 Å². The molecule has 2 aliphatic carbocycles. The van der Waals surface area contributed by atoms with E-state index in [1.54, 1.807) is 6.08 Å². The minimum Gasteiger partial charge on any atom is -0.295 e. The number of allylic oxidation sites excluding steroid dienone is 2. The Morgan fingerprint density at radius 3 is 2.50 bits per heavy atom. The second-order valence-corrected chi connectivity index (χ2v) is 3.52. The SMILES string of the molecule is O=C1C=CC2(CCC2)CC1. The van der Waals surface area contributed by atoms with Gasteiger partial charge in [-0.2, -0.15) is 0 Å². The minimum absolute atomic E-state index is 0.317.